The van der Waals surface area contributed by atoms with Crippen molar-refractivity contribution >= 4 is 23.3 Å². The average molecular weight is 542 g/mol. The number of carbonyl (C=O) groups excluding carboxylic acids is 4. The highest BCUT2D eigenvalue weighted by Gasteiger charge is 2.56. The number of carbonyl (C=O) groups is 4. The zero-order chi connectivity index (χ0) is 28.9. The molecule has 0 radical (unpaired) electrons. The number of unbranched alkanes of at least 4 members (excludes halogenated alkanes) is 7. The van der Waals surface area contributed by atoms with Gasteiger partial charge in [-0.3, -0.25) is 19.2 Å². The molecule has 212 valence electrons. The number of hydrogen-bond donors (Lipinski definition) is 3. The molecule has 1 aromatic carbocycles. The van der Waals surface area contributed by atoms with Crippen LogP contribution >= 0.6 is 0 Å². The minimum atomic E-state index is -1.61. The summed E-state index contributed by atoms with van der Waals surface area (Å²) in [6, 6.07) is 0. The number of rotatable bonds is 13. The van der Waals surface area contributed by atoms with Crippen LogP contribution in [0.2, 0.25) is 0 Å². The number of fused-ring (bicyclic) bond motifs is 3. The summed E-state index contributed by atoms with van der Waals surface area (Å²) in [5.74, 6) is -3.34. The predicted molar refractivity (Wildman–Crippen MR) is 145 cm³/mol. The van der Waals surface area contributed by atoms with Gasteiger partial charge in [0.25, 0.3) is 0 Å². The van der Waals surface area contributed by atoms with E-state index in [1.54, 1.807) is 0 Å². The molecule has 1 aliphatic carbocycles. The molecule has 0 amide bonds. The van der Waals surface area contributed by atoms with E-state index in [9.17, 15) is 29.4 Å². The van der Waals surface area contributed by atoms with E-state index in [1.807, 2.05) is 0 Å². The van der Waals surface area contributed by atoms with Crippen molar-refractivity contribution in [1.29, 1.82) is 0 Å². The summed E-state index contributed by atoms with van der Waals surface area (Å²) in [4.78, 5) is 51.2. The molecule has 0 spiro atoms. The molecule has 0 bridgehead atoms. The molecular formula is C30H39NO8. The fourth-order valence-corrected chi connectivity index (χ4v) is 5.13. The number of phenols is 2. The third-order valence-electron chi connectivity index (χ3n) is 7.52. The van der Waals surface area contributed by atoms with Gasteiger partial charge in [0.15, 0.2) is 17.3 Å². The van der Waals surface area contributed by atoms with Gasteiger partial charge < -0.3 is 25.0 Å². The maximum absolute atomic E-state index is 13.8. The highest BCUT2D eigenvalue weighted by molar-refractivity contribution is 6.31. The highest BCUT2D eigenvalue weighted by atomic mass is 16.5. The second kappa shape index (κ2) is 12.5. The van der Waals surface area contributed by atoms with E-state index in [0.29, 0.717) is 6.61 Å². The van der Waals surface area contributed by atoms with Crippen molar-refractivity contribution in [3.63, 3.8) is 0 Å². The third kappa shape index (κ3) is 5.87. The quantitative estimate of drug-likeness (QED) is 0.105. The van der Waals surface area contributed by atoms with Crippen molar-refractivity contribution in [2.24, 2.45) is 0 Å². The zero-order valence-electron chi connectivity index (χ0n) is 23.5. The van der Waals surface area contributed by atoms with Crippen LogP contribution in [0.4, 0.5) is 0 Å². The minimum Gasteiger partial charge on any atom is -0.507 e. The molecule has 2 aliphatic rings. The van der Waals surface area contributed by atoms with Crippen molar-refractivity contribution in [2.75, 3.05) is 13.2 Å². The van der Waals surface area contributed by atoms with E-state index in [1.165, 1.54) is 59.8 Å². The maximum atomic E-state index is 13.8. The van der Waals surface area contributed by atoms with Crippen LogP contribution in [0.3, 0.4) is 0 Å². The van der Waals surface area contributed by atoms with Crippen molar-refractivity contribution in [2.45, 2.75) is 91.4 Å². The van der Waals surface area contributed by atoms with E-state index in [2.05, 4.69) is 12.2 Å². The normalized spacial score (nSPS) is 19.2. The Morgan fingerprint density at radius 3 is 2.23 bits per heavy atom. The van der Waals surface area contributed by atoms with Crippen LogP contribution in [0.15, 0.2) is 23.1 Å². The molecule has 0 saturated carbocycles. The number of nitrogens with one attached hydrogen (secondary N) is 1. The number of allylic oxidation sites excluding steroid dienone is 4. The molecule has 0 saturated heterocycles. The van der Waals surface area contributed by atoms with E-state index < -0.39 is 40.2 Å². The summed E-state index contributed by atoms with van der Waals surface area (Å²) < 4.78 is 11.0. The van der Waals surface area contributed by atoms with E-state index >= 15 is 0 Å². The first kappa shape index (κ1) is 29.9. The van der Waals surface area contributed by atoms with Crippen molar-refractivity contribution in [3.05, 3.63) is 39.8 Å². The summed E-state index contributed by atoms with van der Waals surface area (Å²) in [5.41, 5.74) is -1.75. The number of benzene rings is 1. The number of esters is 1. The van der Waals surface area contributed by atoms with Crippen molar-refractivity contribution in [3.8, 4) is 17.2 Å². The molecule has 9 nitrogen and oxygen atoms in total. The fourth-order valence-electron chi connectivity index (χ4n) is 5.13. The Morgan fingerprint density at radius 1 is 1.00 bits per heavy atom. The molecule has 1 atom stereocenters. The number of Topliss-reactive ketones (excluding diaryl/α,β-unsaturated/α-hetero) is 2. The van der Waals surface area contributed by atoms with E-state index in [0.717, 1.165) is 25.3 Å². The largest absolute Gasteiger partial charge is 0.507 e. The Kier molecular flexibility index (Phi) is 9.59. The number of hydrogen-bond acceptors (Lipinski definition) is 9. The molecule has 1 unspecified atom stereocenters. The van der Waals surface area contributed by atoms with Crippen LogP contribution in [0, 0.1) is 6.92 Å². The summed E-state index contributed by atoms with van der Waals surface area (Å²) >= 11 is 0. The van der Waals surface area contributed by atoms with Crippen LogP contribution < -0.4 is 10.1 Å². The molecule has 0 aromatic heterocycles. The van der Waals surface area contributed by atoms with Gasteiger partial charge in [0.1, 0.15) is 40.5 Å². The van der Waals surface area contributed by atoms with Gasteiger partial charge in [0.2, 0.25) is 0 Å². The van der Waals surface area contributed by atoms with Gasteiger partial charge in [-0.1, -0.05) is 51.9 Å². The number of ketones is 3. The third-order valence-corrected chi connectivity index (χ3v) is 7.52. The van der Waals surface area contributed by atoms with Crippen molar-refractivity contribution < 1.29 is 38.9 Å². The molecule has 0 fully saturated rings. The molecule has 1 aliphatic heterocycles. The predicted octanol–water partition coefficient (Wildman–Crippen LogP) is 4.84. The van der Waals surface area contributed by atoms with Gasteiger partial charge in [0, 0.05) is 17.3 Å². The lowest BCUT2D eigenvalue weighted by atomic mass is 9.70. The van der Waals surface area contributed by atoms with Crippen molar-refractivity contribution in [1.82, 2.24) is 5.32 Å². The molecule has 3 N–H and O–H groups in total. The Morgan fingerprint density at radius 2 is 1.62 bits per heavy atom. The Labute approximate surface area is 229 Å². The van der Waals surface area contributed by atoms with Gasteiger partial charge >= 0.3 is 5.97 Å². The lowest BCUT2D eigenvalue weighted by Crippen LogP contribution is -2.41. The highest BCUT2D eigenvalue weighted by Crippen LogP contribution is 2.57. The lowest BCUT2D eigenvalue weighted by molar-refractivity contribution is -0.142. The standard InChI is InChI=1S/C30H39NO8/c1-6-7-8-9-10-11-12-13-14-38-22(34)16-31-18(3)23-20(33)15-21-30(5,29(23)37)25-27(36)17(2)26(35)24(19(4)32)28(25)39-21/h15,31,35-36H,6-14,16H2,1-5H3. The second-order valence-corrected chi connectivity index (χ2v) is 10.4. The maximum Gasteiger partial charge on any atom is 0.325 e. The lowest BCUT2D eigenvalue weighted by Gasteiger charge is -2.29. The summed E-state index contributed by atoms with van der Waals surface area (Å²) in [6.07, 6.45) is 10.2. The number of ether oxygens (including phenoxy) is 2. The van der Waals surface area contributed by atoms with Crippen LogP contribution in [0.1, 0.15) is 101 Å². The van der Waals surface area contributed by atoms with E-state index in [4.69, 9.17) is 9.47 Å². The summed E-state index contributed by atoms with van der Waals surface area (Å²) in [7, 11) is 0. The first-order valence-electron chi connectivity index (χ1n) is 13.7. The van der Waals surface area contributed by atoms with Gasteiger partial charge in [-0.25, -0.2) is 0 Å². The van der Waals surface area contributed by atoms with Gasteiger partial charge in [-0.15, -0.1) is 0 Å². The molecule has 3 rings (SSSR count). The molecule has 1 aromatic rings. The van der Waals surface area contributed by atoms with Crippen LogP contribution in [0.25, 0.3) is 0 Å². The molecule has 1 heterocycles. The summed E-state index contributed by atoms with van der Waals surface area (Å²) in [6.45, 7) is 7.93. The monoisotopic (exact) mass is 541 g/mol. The van der Waals surface area contributed by atoms with Crippen LogP contribution in [0.5, 0.6) is 17.2 Å². The first-order chi connectivity index (χ1) is 18.5. The van der Waals surface area contributed by atoms with Crippen LogP contribution in [-0.4, -0.2) is 46.7 Å². The number of phenolic OH excluding ortho intramolecular Hbond substituents is 2. The Hall–Kier alpha value is -3.62. The SMILES string of the molecule is CCCCCCCCCCOC(=O)CNC(C)=C1C(=O)C=C2Oc3c(C(C)=O)c(O)c(C)c(O)c3C2(C)C1=O. The first-order valence-corrected chi connectivity index (χ1v) is 13.7. The van der Waals surface area contributed by atoms with Gasteiger partial charge in [-0.2, -0.15) is 0 Å². The smallest absolute Gasteiger partial charge is 0.325 e. The molecule has 39 heavy (non-hydrogen) atoms. The van der Waals surface area contributed by atoms with Crippen LogP contribution in [-0.2, 0) is 24.5 Å². The summed E-state index contributed by atoms with van der Waals surface area (Å²) in [5, 5.41) is 24.1. The Bertz CT molecular complexity index is 1240. The number of aromatic hydroxyl groups is 2. The van der Waals surface area contributed by atoms with E-state index in [-0.39, 0.29) is 46.0 Å². The Balaban J connectivity index is 1.69. The van der Waals surface area contributed by atoms with Gasteiger partial charge in [-0.05, 0) is 34.1 Å². The van der Waals surface area contributed by atoms with Gasteiger partial charge in [0.05, 0.1) is 17.7 Å². The topological polar surface area (TPSA) is 139 Å². The fraction of sp³-hybridized carbons (Fsp3) is 0.533. The zero-order valence-corrected chi connectivity index (χ0v) is 23.5. The average Bonchev–Trinajstić information content (AvgIpc) is 3.17. The minimum absolute atomic E-state index is 0.0156. The molecular weight excluding hydrogens is 502 g/mol. The second-order valence-electron chi connectivity index (χ2n) is 10.4. The molecule has 9 heteroatoms.